The van der Waals surface area contributed by atoms with E-state index in [1.807, 2.05) is 30.3 Å². The molecular weight excluding hydrogens is 355 g/mol. The first-order valence-electron chi connectivity index (χ1n) is 5.62. The number of hydrogen-bond donors (Lipinski definition) is 3. The maximum absolute atomic E-state index is 8.63. The number of benzene rings is 1. The molecule has 0 amide bonds. The number of nitrogens with two attached hydrogens (primary N) is 1. The monoisotopic (exact) mass is 368 g/mol. The third kappa shape index (κ3) is 3.57. The zero-order chi connectivity index (χ0) is 13.7. The quantitative estimate of drug-likeness (QED) is 0.254. The molecule has 0 saturated carbocycles. The number of nitrogens with one attached hydrogen (secondary N) is 1. The number of nitrogens with zero attached hydrogens (tertiary/aromatic N) is 2. The maximum atomic E-state index is 8.63. The van der Waals surface area contributed by atoms with Crippen molar-refractivity contribution >= 4 is 34.1 Å². The van der Waals surface area contributed by atoms with Crippen molar-refractivity contribution in [2.24, 2.45) is 10.9 Å². The van der Waals surface area contributed by atoms with E-state index in [4.69, 9.17) is 10.9 Å². The van der Waals surface area contributed by atoms with Crippen LogP contribution < -0.4 is 11.1 Å². The molecule has 6 heteroatoms. The lowest BCUT2D eigenvalue weighted by atomic mass is 10.2. The maximum Gasteiger partial charge on any atom is 0.188 e. The van der Waals surface area contributed by atoms with E-state index in [-0.39, 0.29) is 5.84 Å². The molecule has 0 aliphatic carbocycles. The van der Waals surface area contributed by atoms with Crippen LogP contribution in [0.15, 0.2) is 47.8 Å². The van der Waals surface area contributed by atoms with Crippen LogP contribution in [-0.4, -0.2) is 16.0 Å². The first-order valence-corrected chi connectivity index (χ1v) is 6.70. The van der Waals surface area contributed by atoms with Crippen LogP contribution >= 0.6 is 22.6 Å². The van der Waals surface area contributed by atoms with E-state index >= 15 is 0 Å². The van der Waals surface area contributed by atoms with Gasteiger partial charge in [-0.1, -0.05) is 17.3 Å². The lowest BCUT2D eigenvalue weighted by Crippen LogP contribution is -2.15. The van der Waals surface area contributed by atoms with Crippen molar-refractivity contribution in [3.05, 3.63) is 57.4 Å². The van der Waals surface area contributed by atoms with Gasteiger partial charge in [0.05, 0.1) is 0 Å². The highest BCUT2D eigenvalue weighted by Crippen LogP contribution is 2.17. The fraction of sp³-hybridized carbons (Fsp3) is 0.0769. The first kappa shape index (κ1) is 13.6. The van der Waals surface area contributed by atoms with Gasteiger partial charge in [0.1, 0.15) is 5.69 Å². The molecule has 0 bridgehead atoms. The molecule has 0 aliphatic rings. The van der Waals surface area contributed by atoms with E-state index in [1.165, 1.54) is 0 Å². The number of aromatic nitrogens is 1. The summed E-state index contributed by atoms with van der Waals surface area (Å²) in [6.07, 6.45) is 1.64. The number of rotatable bonds is 4. The molecule has 4 N–H and O–H groups in total. The molecule has 5 nitrogen and oxygen atoms in total. The van der Waals surface area contributed by atoms with Gasteiger partial charge in [0.15, 0.2) is 5.84 Å². The number of oxime groups is 1. The Morgan fingerprint density at radius 2 is 2.16 bits per heavy atom. The molecule has 0 aliphatic heterocycles. The molecule has 0 spiro atoms. The van der Waals surface area contributed by atoms with Gasteiger partial charge in [-0.15, -0.1) is 0 Å². The van der Waals surface area contributed by atoms with Crippen molar-refractivity contribution in [1.29, 1.82) is 0 Å². The Kier molecular flexibility index (Phi) is 4.56. The number of pyridine rings is 1. The van der Waals surface area contributed by atoms with Crippen LogP contribution in [0.1, 0.15) is 11.3 Å². The van der Waals surface area contributed by atoms with Crippen molar-refractivity contribution in [2.75, 3.05) is 5.32 Å². The standard InChI is InChI=1S/C13H13IN4O/c14-10-3-1-2-4-11(10)17-8-9-5-6-16-12(7-9)13(15)18-19/h1-7,17,19H,8H2,(H2,15,18). The molecule has 0 radical (unpaired) electrons. The Morgan fingerprint density at radius 1 is 1.37 bits per heavy atom. The smallest absolute Gasteiger partial charge is 0.188 e. The van der Waals surface area contributed by atoms with Crippen LogP contribution in [0.4, 0.5) is 5.69 Å². The third-order valence-electron chi connectivity index (χ3n) is 2.55. The van der Waals surface area contributed by atoms with Crippen LogP contribution in [0.2, 0.25) is 0 Å². The molecule has 0 saturated heterocycles. The zero-order valence-electron chi connectivity index (χ0n) is 10.0. The van der Waals surface area contributed by atoms with E-state index in [0.29, 0.717) is 12.2 Å². The molecule has 0 fully saturated rings. The fourth-order valence-electron chi connectivity index (χ4n) is 1.58. The van der Waals surface area contributed by atoms with Gasteiger partial charge < -0.3 is 16.3 Å². The molecule has 1 aromatic carbocycles. The minimum atomic E-state index is 0.0103. The molecule has 2 aromatic rings. The highest BCUT2D eigenvalue weighted by molar-refractivity contribution is 14.1. The molecular formula is C13H13IN4O. The van der Waals surface area contributed by atoms with E-state index in [0.717, 1.165) is 14.8 Å². The topological polar surface area (TPSA) is 83.5 Å². The molecule has 2 rings (SSSR count). The summed E-state index contributed by atoms with van der Waals surface area (Å²) in [6, 6.07) is 11.7. The average Bonchev–Trinajstić information content (AvgIpc) is 2.46. The van der Waals surface area contributed by atoms with Gasteiger partial charge in [-0.25, -0.2) is 0 Å². The molecule has 1 heterocycles. The Hall–Kier alpha value is -1.83. The fourth-order valence-corrected chi connectivity index (χ4v) is 2.16. The highest BCUT2D eigenvalue weighted by atomic mass is 127. The SMILES string of the molecule is NC(=NO)c1cc(CNc2ccccc2I)ccn1. The zero-order valence-corrected chi connectivity index (χ0v) is 12.2. The molecule has 98 valence electrons. The highest BCUT2D eigenvalue weighted by Gasteiger charge is 2.03. The Bertz CT molecular complexity index is 601. The van der Waals surface area contributed by atoms with Gasteiger partial charge in [-0.2, -0.15) is 0 Å². The van der Waals surface area contributed by atoms with E-state index in [1.54, 1.807) is 12.3 Å². The average molecular weight is 368 g/mol. The second kappa shape index (κ2) is 6.37. The second-order valence-corrected chi connectivity index (χ2v) is 5.03. The van der Waals surface area contributed by atoms with Crippen molar-refractivity contribution in [2.45, 2.75) is 6.54 Å². The van der Waals surface area contributed by atoms with Crippen molar-refractivity contribution in [1.82, 2.24) is 4.98 Å². The molecule has 19 heavy (non-hydrogen) atoms. The summed E-state index contributed by atoms with van der Waals surface area (Å²) >= 11 is 2.28. The van der Waals surface area contributed by atoms with Gasteiger partial charge in [-0.3, -0.25) is 4.98 Å². The summed E-state index contributed by atoms with van der Waals surface area (Å²) in [5.41, 5.74) is 8.06. The van der Waals surface area contributed by atoms with Gasteiger partial charge in [0.25, 0.3) is 0 Å². The van der Waals surface area contributed by atoms with Crippen LogP contribution in [0.3, 0.4) is 0 Å². The van der Waals surface area contributed by atoms with Crippen LogP contribution in [0.25, 0.3) is 0 Å². The molecule has 0 atom stereocenters. The summed E-state index contributed by atoms with van der Waals surface area (Å²) in [7, 11) is 0. The number of para-hydroxylation sites is 1. The van der Waals surface area contributed by atoms with E-state index in [9.17, 15) is 0 Å². The second-order valence-electron chi connectivity index (χ2n) is 3.87. The summed E-state index contributed by atoms with van der Waals surface area (Å²) in [5, 5.41) is 14.9. The Morgan fingerprint density at radius 3 is 2.89 bits per heavy atom. The van der Waals surface area contributed by atoms with Gasteiger partial charge in [0, 0.05) is 22.0 Å². The number of hydrogen-bond acceptors (Lipinski definition) is 4. The predicted octanol–water partition coefficient (Wildman–Crippen LogP) is 2.39. The largest absolute Gasteiger partial charge is 0.409 e. The lowest BCUT2D eigenvalue weighted by molar-refractivity contribution is 0.318. The van der Waals surface area contributed by atoms with Crippen molar-refractivity contribution in [3.8, 4) is 0 Å². The first-order chi connectivity index (χ1) is 9.20. The van der Waals surface area contributed by atoms with Crippen LogP contribution in [-0.2, 0) is 6.54 Å². The normalized spacial score (nSPS) is 11.3. The summed E-state index contributed by atoms with van der Waals surface area (Å²) in [6.45, 7) is 0.647. The Balaban J connectivity index is 2.10. The predicted molar refractivity (Wildman–Crippen MR) is 83.2 cm³/mol. The van der Waals surface area contributed by atoms with Crippen molar-refractivity contribution < 1.29 is 5.21 Å². The number of anilines is 1. The summed E-state index contributed by atoms with van der Waals surface area (Å²) in [5.74, 6) is 0.0103. The minimum Gasteiger partial charge on any atom is -0.409 e. The minimum absolute atomic E-state index is 0.0103. The van der Waals surface area contributed by atoms with E-state index in [2.05, 4.69) is 38.0 Å². The summed E-state index contributed by atoms with van der Waals surface area (Å²) in [4.78, 5) is 4.04. The van der Waals surface area contributed by atoms with Gasteiger partial charge >= 0.3 is 0 Å². The molecule has 0 unspecified atom stereocenters. The molecule has 1 aromatic heterocycles. The van der Waals surface area contributed by atoms with Gasteiger partial charge in [0.2, 0.25) is 0 Å². The van der Waals surface area contributed by atoms with Crippen molar-refractivity contribution in [3.63, 3.8) is 0 Å². The number of halogens is 1. The third-order valence-corrected chi connectivity index (χ3v) is 3.49. The Labute approximate surface area is 124 Å². The summed E-state index contributed by atoms with van der Waals surface area (Å²) < 4.78 is 1.16. The number of amidine groups is 1. The van der Waals surface area contributed by atoms with Crippen LogP contribution in [0.5, 0.6) is 0 Å². The lowest BCUT2D eigenvalue weighted by Gasteiger charge is -2.09. The van der Waals surface area contributed by atoms with E-state index < -0.39 is 0 Å². The van der Waals surface area contributed by atoms with Crippen LogP contribution in [0, 0.1) is 3.57 Å². The van der Waals surface area contributed by atoms with Gasteiger partial charge in [-0.05, 0) is 52.4 Å².